The predicted molar refractivity (Wildman–Crippen MR) is 88.9 cm³/mol. The number of hydrogen-bond acceptors (Lipinski definition) is 5. The molecule has 4 rings (SSSR count). The van der Waals surface area contributed by atoms with Crippen molar-refractivity contribution >= 4 is 17.0 Å². The molecular formula is C17H16F3N5O. The molecule has 1 fully saturated rings. The first-order chi connectivity index (χ1) is 12.5. The largest absolute Gasteiger partial charge is 0.496 e. The number of imidazole rings is 1. The van der Waals surface area contributed by atoms with Crippen LogP contribution in [0.15, 0.2) is 30.6 Å². The summed E-state index contributed by atoms with van der Waals surface area (Å²) in [5.41, 5.74) is 1.29. The molecule has 0 bridgehead atoms. The molecule has 0 saturated heterocycles. The molecule has 1 saturated carbocycles. The summed E-state index contributed by atoms with van der Waals surface area (Å²) in [6, 6.07) is 7.57. The van der Waals surface area contributed by atoms with E-state index in [0.717, 1.165) is 18.4 Å². The maximum atomic E-state index is 13.2. The molecule has 2 aromatic heterocycles. The summed E-state index contributed by atoms with van der Waals surface area (Å²) >= 11 is 0. The third-order valence-corrected chi connectivity index (χ3v) is 4.31. The van der Waals surface area contributed by atoms with Gasteiger partial charge in [-0.05, 0) is 18.9 Å². The molecule has 0 spiro atoms. The van der Waals surface area contributed by atoms with Crippen LogP contribution in [-0.4, -0.2) is 33.1 Å². The molecule has 0 aliphatic heterocycles. The lowest BCUT2D eigenvalue weighted by Crippen LogP contribution is -2.28. The number of benzene rings is 1. The summed E-state index contributed by atoms with van der Waals surface area (Å²) in [4.78, 5) is 16.0. The van der Waals surface area contributed by atoms with Crippen LogP contribution in [0.3, 0.4) is 0 Å². The second-order valence-electron chi connectivity index (χ2n) is 6.14. The predicted octanol–water partition coefficient (Wildman–Crippen LogP) is 3.55. The van der Waals surface area contributed by atoms with E-state index in [4.69, 9.17) is 4.74 Å². The molecule has 0 radical (unpaired) electrons. The summed E-state index contributed by atoms with van der Waals surface area (Å²) in [6.45, 7) is 0.386. The SMILES string of the molecule is COc1ccccc1CN(c1nc(C(F)(F)F)nc2nc[nH]c12)C1CC1. The van der Waals surface area contributed by atoms with E-state index in [0.29, 0.717) is 17.8 Å². The van der Waals surface area contributed by atoms with Gasteiger partial charge in [-0.3, -0.25) is 0 Å². The number of nitrogens with zero attached hydrogens (tertiary/aromatic N) is 4. The van der Waals surface area contributed by atoms with Crippen LogP contribution in [0.2, 0.25) is 0 Å². The summed E-state index contributed by atoms with van der Waals surface area (Å²) in [6.07, 6.45) is -1.51. The first-order valence-corrected chi connectivity index (χ1v) is 8.14. The fourth-order valence-corrected chi connectivity index (χ4v) is 2.93. The van der Waals surface area contributed by atoms with Gasteiger partial charge in [0.05, 0.1) is 13.4 Å². The zero-order chi connectivity index (χ0) is 18.3. The lowest BCUT2D eigenvalue weighted by molar-refractivity contribution is -0.144. The number of fused-ring (bicyclic) bond motifs is 1. The van der Waals surface area contributed by atoms with Gasteiger partial charge in [-0.1, -0.05) is 18.2 Å². The average molecular weight is 363 g/mol. The Morgan fingerprint density at radius 2 is 2.00 bits per heavy atom. The summed E-state index contributed by atoms with van der Waals surface area (Å²) < 4.78 is 45.1. The van der Waals surface area contributed by atoms with Gasteiger partial charge in [-0.2, -0.15) is 13.2 Å². The van der Waals surface area contributed by atoms with E-state index >= 15 is 0 Å². The van der Waals surface area contributed by atoms with Crippen LogP contribution in [0.5, 0.6) is 5.75 Å². The Kier molecular flexibility index (Phi) is 3.93. The number of rotatable bonds is 5. The topological polar surface area (TPSA) is 66.9 Å². The van der Waals surface area contributed by atoms with Crippen molar-refractivity contribution in [1.29, 1.82) is 0 Å². The van der Waals surface area contributed by atoms with Crippen LogP contribution in [0, 0.1) is 0 Å². The number of aromatic nitrogens is 4. The number of H-pyrrole nitrogens is 1. The van der Waals surface area contributed by atoms with Gasteiger partial charge in [0.2, 0.25) is 5.82 Å². The van der Waals surface area contributed by atoms with Crippen molar-refractivity contribution in [1.82, 2.24) is 19.9 Å². The molecule has 3 aromatic rings. The van der Waals surface area contributed by atoms with Crippen LogP contribution in [0.25, 0.3) is 11.2 Å². The van der Waals surface area contributed by atoms with Crippen molar-refractivity contribution in [3.05, 3.63) is 42.0 Å². The van der Waals surface area contributed by atoms with E-state index in [9.17, 15) is 13.2 Å². The number of para-hydroxylation sites is 1. The van der Waals surface area contributed by atoms with Gasteiger partial charge >= 0.3 is 6.18 Å². The minimum absolute atomic E-state index is 0.00741. The average Bonchev–Trinajstić information content (AvgIpc) is 3.34. The van der Waals surface area contributed by atoms with E-state index in [-0.39, 0.29) is 17.5 Å². The molecule has 136 valence electrons. The van der Waals surface area contributed by atoms with Crippen molar-refractivity contribution in [2.24, 2.45) is 0 Å². The van der Waals surface area contributed by atoms with Crippen LogP contribution in [0.1, 0.15) is 24.2 Å². The summed E-state index contributed by atoms with van der Waals surface area (Å²) in [5, 5.41) is 0. The quantitative estimate of drug-likeness (QED) is 0.751. The monoisotopic (exact) mass is 363 g/mol. The number of aromatic amines is 1. The molecule has 1 aliphatic rings. The fourth-order valence-electron chi connectivity index (χ4n) is 2.93. The molecule has 9 heteroatoms. The van der Waals surface area contributed by atoms with Crippen molar-refractivity contribution < 1.29 is 17.9 Å². The highest BCUT2D eigenvalue weighted by molar-refractivity contribution is 5.83. The molecule has 6 nitrogen and oxygen atoms in total. The zero-order valence-electron chi connectivity index (χ0n) is 13.9. The van der Waals surface area contributed by atoms with Gasteiger partial charge in [-0.15, -0.1) is 0 Å². The fraction of sp³-hybridized carbons (Fsp3) is 0.353. The Bertz CT molecular complexity index is 936. The third-order valence-electron chi connectivity index (χ3n) is 4.31. The lowest BCUT2D eigenvalue weighted by atomic mass is 10.2. The highest BCUT2D eigenvalue weighted by atomic mass is 19.4. The van der Waals surface area contributed by atoms with E-state index < -0.39 is 12.0 Å². The minimum atomic E-state index is -4.64. The maximum absolute atomic E-state index is 13.2. The van der Waals surface area contributed by atoms with Crippen LogP contribution in [-0.2, 0) is 12.7 Å². The number of nitrogens with one attached hydrogen (secondary N) is 1. The van der Waals surface area contributed by atoms with Crippen molar-refractivity contribution in [2.45, 2.75) is 31.6 Å². The highest BCUT2D eigenvalue weighted by Crippen LogP contribution is 2.37. The third kappa shape index (κ3) is 3.04. The molecule has 0 atom stereocenters. The highest BCUT2D eigenvalue weighted by Gasteiger charge is 2.38. The van der Waals surface area contributed by atoms with Crippen LogP contribution in [0.4, 0.5) is 19.0 Å². The summed E-state index contributed by atoms with van der Waals surface area (Å²) in [5.74, 6) is -0.282. The molecule has 1 aliphatic carbocycles. The molecule has 1 N–H and O–H groups in total. The Morgan fingerprint density at radius 3 is 2.69 bits per heavy atom. The Hall–Kier alpha value is -2.84. The minimum Gasteiger partial charge on any atom is -0.496 e. The lowest BCUT2D eigenvalue weighted by Gasteiger charge is -2.25. The second-order valence-corrected chi connectivity index (χ2v) is 6.14. The van der Waals surface area contributed by atoms with Gasteiger partial charge < -0.3 is 14.6 Å². The van der Waals surface area contributed by atoms with Gasteiger partial charge in [0.1, 0.15) is 11.3 Å². The maximum Gasteiger partial charge on any atom is 0.451 e. The smallest absolute Gasteiger partial charge is 0.451 e. The first kappa shape index (κ1) is 16.6. The van der Waals surface area contributed by atoms with Gasteiger partial charge in [-0.25, -0.2) is 15.0 Å². The van der Waals surface area contributed by atoms with E-state index in [1.807, 2.05) is 29.2 Å². The molecule has 2 heterocycles. The standard InChI is InChI=1S/C17H16F3N5O/c1-26-12-5-3-2-4-10(12)8-25(11-6-7-11)15-13-14(22-9-21-13)23-16(24-15)17(18,19)20/h2-5,9,11H,6-8H2,1H3,(H,21,22,23,24). The first-order valence-electron chi connectivity index (χ1n) is 8.14. The van der Waals surface area contributed by atoms with Gasteiger partial charge in [0, 0.05) is 18.2 Å². The Labute approximate surface area is 147 Å². The summed E-state index contributed by atoms with van der Waals surface area (Å²) in [7, 11) is 1.57. The van der Waals surface area contributed by atoms with E-state index in [1.54, 1.807) is 7.11 Å². The second kappa shape index (κ2) is 6.15. The molecule has 26 heavy (non-hydrogen) atoms. The Morgan fingerprint density at radius 1 is 1.23 bits per heavy atom. The number of anilines is 1. The van der Waals surface area contributed by atoms with E-state index in [1.165, 1.54) is 6.33 Å². The molecule has 0 unspecified atom stereocenters. The van der Waals surface area contributed by atoms with Crippen LogP contribution >= 0.6 is 0 Å². The molecule has 1 aromatic carbocycles. The van der Waals surface area contributed by atoms with Crippen LogP contribution < -0.4 is 9.64 Å². The number of halogens is 3. The molecular weight excluding hydrogens is 347 g/mol. The number of methoxy groups -OCH3 is 1. The van der Waals surface area contributed by atoms with Crippen molar-refractivity contribution in [3.8, 4) is 5.75 Å². The van der Waals surface area contributed by atoms with Gasteiger partial charge in [0.15, 0.2) is 11.5 Å². The number of alkyl halides is 3. The number of hydrogen-bond donors (Lipinski definition) is 1. The van der Waals surface area contributed by atoms with Crippen molar-refractivity contribution in [3.63, 3.8) is 0 Å². The van der Waals surface area contributed by atoms with Crippen molar-refractivity contribution in [2.75, 3.05) is 12.0 Å². The normalized spacial score (nSPS) is 14.6. The zero-order valence-corrected chi connectivity index (χ0v) is 13.9. The van der Waals surface area contributed by atoms with Gasteiger partial charge in [0.25, 0.3) is 0 Å². The molecule has 0 amide bonds. The number of ether oxygens (including phenoxy) is 1. The van der Waals surface area contributed by atoms with E-state index in [2.05, 4.69) is 19.9 Å². The Balaban J connectivity index is 1.81.